The van der Waals surface area contributed by atoms with Crippen LogP contribution < -0.4 is 5.32 Å². The molecule has 0 fully saturated rings. The largest absolute Gasteiger partial charge is 0.390 e. The molecule has 0 radical (unpaired) electrons. The molecular formula is C9H15N3O. The Labute approximate surface area is 77.9 Å². The first-order valence-corrected chi connectivity index (χ1v) is 4.30. The molecule has 0 amide bonds. The molecule has 0 aliphatic heterocycles. The number of hydrogen-bond acceptors (Lipinski definition) is 3. The second-order valence-corrected chi connectivity index (χ2v) is 2.83. The summed E-state index contributed by atoms with van der Waals surface area (Å²) < 4.78 is 1.71. The highest BCUT2D eigenvalue weighted by molar-refractivity contribution is 4.79. The number of aromatic nitrogens is 2. The van der Waals surface area contributed by atoms with Crippen LogP contribution in [0.25, 0.3) is 0 Å². The van der Waals surface area contributed by atoms with E-state index in [1.807, 2.05) is 12.3 Å². The van der Waals surface area contributed by atoms with Gasteiger partial charge in [0.2, 0.25) is 0 Å². The molecule has 0 saturated carbocycles. The van der Waals surface area contributed by atoms with E-state index in [4.69, 9.17) is 0 Å². The van der Waals surface area contributed by atoms with Gasteiger partial charge in [-0.25, -0.2) is 0 Å². The molecule has 0 aliphatic carbocycles. The first kappa shape index (κ1) is 9.95. The molecule has 1 aromatic rings. The predicted molar refractivity (Wildman–Crippen MR) is 51.3 cm³/mol. The molecule has 1 rings (SSSR count). The molecule has 1 unspecified atom stereocenters. The van der Waals surface area contributed by atoms with Gasteiger partial charge in [0.1, 0.15) is 0 Å². The van der Waals surface area contributed by atoms with Gasteiger partial charge in [0.25, 0.3) is 0 Å². The Morgan fingerprint density at radius 2 is 2.54 bits per heavy atom. The van der Waals surface area contributed by atoms with Gasteiger partial charge in [0.05, 0.1) is 12.6 Å². The van der Waals surface area contributed by atoms with Crippen LogP contribution in [0.2, 0.25) is 0 Å². The molecule has 13 heavy (non-hydrogen) atoms. The van der Waals surface area contributed by atoms with Gasteiger partial charge in [0.15, 0.2) is 0 Å². The molecule has 0 saturated heterocycles. The van der Waals surface area contributed by atoms with Crippen molar-refractivity contribution in [3.63, 3.8) is 0 Å². The number of aliphatic hydroxyl groups is 1. The van der Waals surface area contributed by atoms with E-state index in [9.17, 15) is 5.11 Å². The Balaban J connectivity index is 2.17. The van der Waals surface area contributed by atoms with Crippen molar-refractivity contribution in [2.45, 2.75) is 12.6 Å². The van der Waals surface area contributed by atoms with Gasteiger partial charge in [-0.15, -0.1) is 6.58 Å². The van der Waals surface area contributed by atoms with Crippen molar-refractivity contribution < 1.29 is 5.11 Å². The van der Waals surface area contributed by atoms with E-state index >= 15 is 0 Å². The monoisotopic (exact) mass is 181 g/mol. The topological polar surface area (TPSA) is 50.1 Å². The summed E-state index contributed by atoms with van der Waals surface area (Å²) in [6.45, 7) is 5.38. The fourth-order valence-corrected chi connectivity index (χ4v) is 1.04. The maximum Gasteiger partial charge on any atom is 0.0860 e. The summed E-state index contributed by atoms with van der Waals surface area (Å²) in [5.41, 5.74) is 0. The van der Waals surface area contributed by atoms with Crippen LogP contribution in [0.15, 0.2) is 31.1 Å². The van der Waals surface area contributed by atoms with Crippen molar-refractivity contribution >= 4 is 0 Å². The van der Waals surface area contributed by atoms with Crippen molar-refractivity contribution in [2.24, 2.45) is 0 Å². The highest BCUT2D eigenvalue weighted by Crippen LogP contribution is 1.89. The summed E-state index contributed by atoms with van der Waals surface area (Å²) in [5.74, 6) is 0. The van der Waals surface area contributed by atoms with Crippen LogP contribution in [0.4, 0.5) is 0 Å². The summed E-state index contributed by atoms with van der Waals surface area (Å²) in [7, 11) is 0. The number of rotatable bonds is 6. The van der Waals surface area contributed by atoms with Crippen LogP contribution in [0, 0.1) is 0 Å². The Morgan fingerprint density at radius 3 is 3.15 bits per heavy atom. The summed E-state index contributed by atoms with van der Waals surface area (Å²) >= 11 is 0. The van der Waals surface area contributed by atoms with Crippen LogP contribution in [-0.4, -0.2) is 34.1 Å². The maximum atomic E-state index is 9.49. The van der Waals surface area contributed by atoms with Crippen molar-refractivity contribution in [1.82, 2.24) is 15.1 Å². The molecule has 4 heteroatoms. The first-order chi connectivity index (χ1) is 6.33. The summed E-state index contributed by atoms with van der Waals surface area (Å²) in [6.07, 6.45) is 4.89. The van der Waals surface area contributed by atoms with Crippen LogP contribution in [0.3, 0.4) is 0 Å². The van der Waals surface area contributed by atoms with E-state index in [-0.39, 0.29) is 0 Å². The van der Waals surface area contributed by atoms with Gasteiger partial charge in [-0.1, -0.05) is 6.08 Å². The van der Waals surface area contributed by atoms with Gasteiger partial charge >= 0.3 is 0 Å². The number of nitrogens with zero attached hydrogens (tertiary/aromatic N) is 2. The lowest BCUT2D eigenvalue weighted by Crippen LogP contribution is -2.30. The first-order valence-electron chi connectivity index (χ1n) is 4.30. The molecule has 0 aliphatic rings. The highest BCUT2D eigenvalue weighted by atomic mass is 16.3. The minimum absolute atomic E-state index is 0.403. The normalized spacial score (nSPS) is 12.7. The van der Waals surface area contributed by atoms with E-state index in [2.05, 4.69) is 17.0 Å². The Hall–Kier alpha value is -1.13. The Kier molecular flexibility index (Phi) is 4.21. The lowest BCUT2D eigenvalue weighted by atomic mass is 10.3. The van der Waals surface area contributed by atoms with E-state index in [0.717, 1.165) is 6.54 Å². The van der Waals surface area contributed by atoms with Crippen LogP contribution in [0.5, 0.6) is 0 Å². The third kappa shape index (κ3) is 3.87. The van der Waals surface area contributed by atoms with Gasteiger partial charge in [0, 0.05) is 25.5 Å². The summed E-state index contributed by atoms with van der Waals surface area (Å²) in [5, 5.41) is 16.5. The standard InChI is InChI=1S/C9H15N3O/c1-2-4-10-7-9(13)8-12-6-3-5-11-12/h2-3,5-6,9-10,13H,1,4,7-8H2. The number of aliphatic hydroxyl groups excluding tert-OH is 1. The van der Waals surface area contributed by atoms with E-state index in [1.165, 1.54) is 0 Å². The smallest absolute Gasteiger partial charge is 0.0860 e. The molecule has 1 heterocycles. The molecule has 0 spiro atoms. The number of hydrogen-bond donors (Lipinski definition) is 2. The molecule has 0 bridgehead atoms. The summed E-state index contributed by atoms with van der Waals surface area (Å²) in [4.78, 5) is 0. The minimum atomic E-state index is -0.403. The average Bonchev–Trinajstić information content (AvgIpc) is 2.57. The van der Waals surface area contributed by atoms with E-state index < -0.39 is 6.10 Å². The van der Waals surface area contributed by atoms with Crippen molar-refractivity contribution in [3.05, 3.63) is 31.1 Å². The van der Waals surface area contributed by atoms with Crippen LogP contribution >= 0.6 is 0 Å². The quantitative estimate of drug-likeness (QED) is 0.480. The van der Waals surface area contributed by atoms with Gasteiger partial charge < -0.3 is 10.4 Å². The third-order valence-corrected chi connectivity index (χ3v) is 1.63. The average molecular weight is 181 g/mol. The molecule has 1 atom stereocenters. The van der Waals surface area contributed by atoms with Crippen molar-refractivity contribution in [1.29, 1.82) is 0 Å². The van der Waals surface area contributed by atoms with E-state index in [0.29, 0.717) is 13.1 Å². The van der Waals surface area contributed by atoms with E-state index in [1.54, 1.807) is 17.0 Å². The predicted octanol–water partition coefficient (Wildman–Crippen LogP) is 0.0196. The second-order valence-electron chi connectivity index (χ2n) is 2.83. The second kappa shape index (κ2) is 5.50. The Bertz CT molecular complexity index is 233. The SMILES string of the molecule is C=CCNCC(O)Cn1cccn1. The van der Waals surface area contributed by atoms with Crippen molar-refractivity contribution in [2.75, 3.05) is 13.1 Å². The zero-order valence-corrected chi connectivity index (χ0v) is 7.56. The molecule has 72 valence electrons. The fourth-order valence-electron chi connectivity index (χ4n) is 1.04. The van der Waals surface area contributed by atoms with Crippen LogP contribution in [-0.2, 0) is 6.54 Å². The number of nitrogens with one attached hydrogen (secondary N) is 1. The minimum Gasteiger partial charge on any atom is -0.390 e. The summed E-state index contributed by atoms with van der Waals surface area (Å²) in [6, 6.07) is 1.84. The zero-order chi connectivity index (χ0) is 9.52. The van der Waals surface area contributed by atoms with Crippen molar-refractivity contribution in [3.8, 4) is 0 Å². The van der Waals surface area contributed by atoms with Gasteiger partial charge in [-0.2, -0.15) is 5.10 Å². The highest BCUT2D eigenvalue weighted by Gasteiger charge is 2.03. The third-order valence-electron chi connectivity index (χ3n) is 1.63. The molecule has 2 N–H and O–H groups in total. The molecular weight excluding hydrogens is 166 g/mol. The molecule has 4 nitrogen and oxygen atoms in total. The Morgan fingerprint density at radius 1 is 1.69 bits per heavy atom. The fraction of sp³-hybridized carbons (Fsp3) is 0.444. The molecule has 1 aromatic heterocycles. The van der Waals surface area contributed by atoms with Gasteiger partial charge in [-0.3, -0.25) is 4.68 Å². The maximum absolute atomic E-state index is 9.49. The lowest BCUT2D eigenvalue weighted by molar-refractivity contribution is 0.148. The van der Waals surface area contributed by atoms with Gasteiger partial charge in [-0.05, 0) is 6.07 Å². The van der Waals surface area contributed by atoms with Crippen LogP contribution in [0.1, 0.15) is 0 Å². The molecule has 0 aromatic carbocycles. The zero-order valence-electron chi connectivity index (χ0n) is 7.56. The lowest BCUT2D eigenvalue weighted by Gasteiger charge is -2.10.